The highest BCUT2D eigenvalue weighted by Crippen LogP contribution is 2.39. The summed E-state index contributed by atoms with van der Waals surface area (Å²) in [5, 5.41) is 7.35. The zero-order valence-electron chi connectivity index (χ0n) is 19.4. The van der Waals surface area contributed by atoms with Crippen LogP contribution in [-0.4, -0.2) is 69.0 Å². The van der Waals surface area contributed by atoms with Gasteiger partial charge in [0.15, 0.2) is 0 Å². The van der Waals surface area contributed by atoms with Gasteiger partial charge in [-0.25, -0.2) is 4.98 Å². The average Bonchev–Trinajstić information content (AvgIpc) is 3.18. The number of nitrogens with zero attached hydrogens (tertiary/aromatic N) is 4. The van der Waals surface area contributed by atoms with Gasteiger partial charge in [-0.15, -0.1) is 0 Å². The summed E-state index contributed by atoms with van der Waals surface area (Å²) in [6.45, 7) is 12.4. The van der Waals surface area contributed by atoms with Crippen LogP contribution in [0.5, 0.6) is 0 Å². The monoisotopic (exact) mass is 420 g/mol. The quantitative estimate of drug-likeness (QED) is 0.721. The summed E-state index contributed by atoms with van der Waals surface area (Å²) in [6.07, 6.45) is 2.26. The number of aryl methyl sites for hydroxylation is 1. The topological polar surface area (TPSA) is 55.8 Å². The van der Waals surface area contributed by atoms with Gasteiger partial charge in [-0.1, -0.05) is 19.4 Å². The minimum absolute atomic E-state index is 0.401. The fraction of sp³-hybridized carbons (Fsp3) is 0.520. The van der Waals surface area contributed by atoms with Crippen molar-refractivity contribution in [1.29, 1.82) is 0 Å². The molecule has 0 saturated carbocycles. The van der Waals surface area contributed by atoms with E-state index in [1.807, 2.05) is 0 Å². The predicted octanol–water partition coefficient (Wildman–Crippen LogP) is 3.94. The number of benzene rings is 1. The maximum absolute atomic E-state index is 5.01. The molecule has 166 valence electrons. The molecule has 2 aliphatic heterocycles. The van der Waals surface area contributed by atoms with Gasteiger partial charge in [-0.3, -0.25) is 4.99 Å². The van der Waals surface area contributed by atoms with Gasteiger partial charge in [0.25, 0.3) is 0 Å². The van der Waals surface area contributed by atoms with E-state index >= 15 is 0 Å². The van der Waals surface area contributed by atoms with Crippen molar-refractivity contribution in [2.45, 2.75) is 38.8 Å². The fourth-order valence-corrected chi connectivity index (χ4v) is 5.11. The van der Waals surface area contributed by atoms with Crippen LogP contribution in [0.15, 0.2) is 35.3 Å². The van der Waals surface area contributed by atoms with Crippen molar-refractivity contribution in [2.75, 3.05) is 50.5 Å². The van der Waals surface area contributed by atoms with E-state index in [1.54, 1.807) is 0 Å². The molecule has 1 fully saturated rings. The van der Waals surface area contributed by atoms with Gasteiger partial charge in [-0.05, 0) is 62.9 Å². The molecule has 2 aromatic rings. The lowest BCUT2D eigenvalue weighted by Crippen LogP contribution is -2.39. The number of hydrogen-bond donors (Lipinski definition) is 2. The Hall–Kier alpha value is -2.44. The zero-order valence-corrected chi connectivity index (χ0v) is 19.4. The first kappa shape index (κ1) is 21.8. The Labute approximate surface area is 186 Å². The van der Waals surface area contributed by atoms with Crippen LogP contribution >= 0.6 is 0 Å². The standard InChI is InChI=1S/C25H36N6/c1-6-18-14-30(4)16-20-12-19(13-27-20)28-24-9-7-8-22(29-24)21-10-17(2)11-23(26-3)25(21)31(5)15-18/h7-11,18-20,27H,3,6,12-16H2,1-2,4-5H3,(H,28,29). The number of anilines is 2. The maximum Gasteiger partial charge on any atom is 0.126 e. The van der Waals surface area contributed by atoms with E-state index in [0.717, 1.165) is 67.5 Å². The van der Waals surface area contributed by atoms with E-state index in [0.29, 0.717) is 18.0 Å². The van der Waals surface area contributed by atoms with E-state index < -0.39 is 0 Å². The predicted molar refractivity (Wildman–Crippen MR) is 132 cm³/mol. The number of aliphatic imine (C=N–C) groups is 1. The van der Waals surface area contributed by atoms with E-state index in [9.17, 15) is 0 Å². The third-order valence-corrected chi connectivity index (χ3v) is 6.60. The van der Waals surface area contributed by atoms with Gasteiger partial charge in [0.2, 0.25) is 0 Å². The van der Waals surface area contributed by atoms with Crippen molar-refractivity contribution < 1.29 is 0 Å². The van der Waals surface area contributed by atoms with Gasteiger partial charge in [0, 0.05) is 50.9 Å². The summed E-state index contributed by atoms with van der Waals surface area (Å²) >= 11 is 0. The summed E-state index contributed by atoms with van der Waals surface area (Å²) in [6, 6.07) is 11.5. The highest BCUT2D eigenvalue weighted by Gasteiger charge is 2.27. The van der Waals surface area contributed by atoms with Crippen molar-refractivity contribution in [2.24, 2.45) is 10.9 Å². The number of pyridine rings is 1. The van der Waals surface area contributed by atoms with Crippen LogP contribution < -0.4 is 15.5 Å². The Morgan fingerprint density at radius 2 is 2.00 bits per heavy atom. The van der Waals surface area contributed by atoms with Crippen molar-refractivity contribution in [3.05, 3.63) is 35.9 Å². The van der Waals surface area contributed by atoms with Gasteiger partial charge >= 0.3 is 0 Å². The Morgan fingerprint density at radius 3 is 2.77 bits per heavy atom. The van der Waals surface area contributed by atoms with Gasteiger partial charge < -0.3 is 20.4 Å². The second kappa shape index (κ2) is 9.37. The van der Waals surface area contributed by atoms with E-state index in [2.05, 4.69) is 90.4 Å². The number of likely N-dealkylation sites (N-methyl/N-ethyl adjacent to an activating group) is 1. The fourth-order valence-electron chi connectivity index (χ4n) is 5.11. The minimum atomic E-state index is 0.401. The Balaban J connectivity index is 1.80. The van der Waals surface area contributed by atoms with E-state index in [4.69, 9.17) is 4.98 Å². The molecule has 1 aromatic heterocycles. The highest BCUT2D eigenvalue weighted by atomic mass is 15.2. The van der Waals surface area contributed by atoms with Crippen LogP contribution in [0.2, 0.25) is 0 Å². The summed E-state index contributed by atoms with van der Waals surface area (Å²) in [4.78, 5) is 14.2. The lowest BCUT2D eigenvalue weighted by molar-refractivity contribution is 0.252. The first-order valence-corrected chi connectivity index (χ1v) is 11.4. The van der Waals surface area contributed by atoms with Gasteiger partial charge in [-0.2, -0.15) is 0 Å². The van der Waals surface area contributed by atoms with E-state index in [-0.39, 0.29) is 0 Å². The van der Waals surface area contributed by atoms with Crippen LogP contribution in [0.1, 0.15) is 25.3 Å². The summed E-state index contributed by atoms with van der Waals surface area (Å²) in [5.74, 6) is 1.50. The van der Waals surface area contributed by atoms with Crippen LogP contribution in [-0.2, 0) is 0 Å². The second-order valence-corrected chi connectivity index (χ2v) is 9.30. The van der Waals surface area contributed by atoms with Gasteiger partial charge in [0.05, 0.1) is 17.1 Å². The first-order valence-electron chi connectivity index (χ1n) is 11.4. The van der Waals surface area contributed by atoms with Crippen LogP contribution in [0, 0.1) is 12.8 Å². The first-order chi connectivity index (χ1) is 15.0. The lowest BCUT2D eigenvalue weighted by Gasteiger charge is -2.31. The maximum atomic E-state index is 5.01. The molecule has 0 spiro atoms. The molecule has 3 heterocycles. The summed E-state index contributed by atoms with van der Waals surface area (Å²) in [5.41, 5.74) is 5.30. The normalized spacial score (nSPS) is 24.6. The van der Waals surface area contributed by atoms with Crippen LogP contribution in [0.3, 0.4) is 0 Å². The Morgan fingerprint density at radius 1 is 1.16 bits per heavy atom. The van der Waals surface area contributed by atoms with Crippen molar-refractivity contribution in [3.8, 4) is 11.3 Å². The molecule has 1 aromatic carbocycles. The number of hydrogen-bond acceptors (Lipinski definition) is 6. The molecule has 4 rings (SSSR count). The molecule has 0 radical (unpaired) electrons. The van der Waals surface area contributed by atoms with Crippen LogP contribution in [0.25, 0.3) is 11.3 Å². The molecule has 0 aliphatic carbocycles. The highest BCUT2D eigenvalue weighted by molar-refractivity contribution is 5.87. The SMILES string of the molecule is C=Nc1cc(C)cc2c1N(C)CC(CC)CN(C)CC1CC(CN1)Nc1cccc-2n1. The second-order valence-electron chi connectivity index (χ2n) is 9.30. The molecule has 3 atom stereocenters. The Kier molecular flexibility index (Phi) is 6.58. The number of nitrogens with one attached hydrogen (secondary N) is 2. The summed E-state index contributed by atoms with van der Waals surface area (Å²) < 4.78 is 0. The molecule has 2 N–H and O–H groups in total. The molecule has 6 heteroatoms. The largest absolute Gasteiger partial charge is 0.372 e. The van der Waals surface area contributed by atoms with E-state index in [1.165, 1.54) is 5.56 Å². The number of aromatic nitrogens is 1. The molecule has 2 aliphatic rings. The molecule has 4 bridgehead atoms. The third-order valence-electron chi connectivity index (χ3n) is 6.60. The molecule has 0 amide bonds. The van der Waals surface area contributed by atoms with Crippen LogP contribution in [0.4, 0.5) is 17.2 Å². The molecule has 6 nitrogen and oxygen atoms in total. The van der Waals surface area contributed by atoms with Crippen molar-refractivity contribution in [3.63, 3.8) is 0 Å². The molecular formula is C25H36N6. The molecule has 1 saturated heterocycles. The Bertz CT molecular complexity index is 926. The van der Waals surface area contributed by atoms with Gasteiger partial charge in [0.1, 0.15) is 5.82 Å². The third kappa shape index (κ3) is 4.91. The lowest BCUT2D eigenvalue weighted by atomic mass is 10.0. The average molecular weight is 421 g/mol. The smallest absolute Gasteiger partial charge is 0.126 e. The molecular weight excluding hydrogens is 384 g/mol. The summed E-state index contributed by atoms with van der Waals surface area (Å²) in [7, 11) is 4.43. The molecule has 31 heavy (non-hydrogen) atoms. The van der Waals surface area contributed by atoms with Crippen molar-refractivity contribution >= 4 is 23.9 Å². The number of rotatable bonds is 2. The zero-order chi connectivity index (χ0) is 22.0. The molecule has 3 unspecified atom stereocenters. The van der Waals surface area contributed by atoms with Crippen molar-refractivity contribution in [1.82, 2.24) is 15.2 Å². The minimum Gasteiger partial charge on any atom is -0.372 e. The number of fused-ring (bicyclic) bond motifs is 6.